The van der Waals surface area contributed by atoms with E-state index in [2.05, 4.69) is 6.58 Å². The molecule has 0 aliphatic rings. The summed E-state index contributed by atoms with van der Waals surface area (Å²) in [6, 6.07) is 0. The molecule has 0 aromatic heterocycles. The molecule has 0 rings (SSSR count). The van der Waals surface area contributed by atoms with E-state index in [4.69, 9.17) is 9.84 Å². The van der Waals surface area contributed by atoms with Gasteiger partial charge < -0.3 is 9.84 Å². The molecule has 0 radical (unpaired) electrons. The number of ether oxygens (including phenoxy) is 1. The van der Waals surface area contributed by atoms with Crippen LogP contribution in [0.15, 0.2) is 24.2 Å². The lowest BCUT2D eigenvalue weighted by Crippen LogP contribution is -2.02. The SMILES string of the molecule is C=C(O/C(=C\C)CC)C(=O)O. The van der Waals surface area contributed by atoms with Gasteiger partial charge in [0.1, 0.15) is 0 Å². The highest BCUT2D eigenvalue weighted by Gasteiger charge is 2.05. The highest BCUT2D eigenvalue weighted by Crippen LogP contribution is 2.07. The Labute approximate surface area is 66.0 Å². The average molecular weight is 156 g/mol. The maximum Gasteiger partial charge on any atom is 0.371 e. The fraction of sp³-hybridized carbons (Fsp3) is 0.375. The molecule has 0 atom stereocenters. The minimum absolute atomic E-state index is 0.236. The molecule has 0 saturated heterocycles. The molecule has 0 aromatic carbocycles. The highest BCUT2D eigenvalue weighted by atomic mass is 16.5. The van der Waals surface area contributed by atoms with Gasteiger partial charge >= 0.3 is 5.97 Å². The van der Waals surface area contributed by atoms with Crippen LogP contribution in [0.5, 0.6) is 0 Å². The largest absolute Gasteiger partial charge is 0.475 e. The lowest BCUT2D eigenvalue weighted by atomic mass is 10.4. The number of carboxylic acids is 1. The second-order valence-electron chi connectivity index (χ2n) is 1.94. The average Bonchev–Trinajstić information content (AvgIpc) is 1.99. The molecule has 0 aliphatic heterocycles. The van der Waals surface area contributed by atoms with Crippen molar-refractivity contribution in [1.29, 1.82) is 0 Å². The van der Waals surface area contributed by atoms with Crippen molar-refractivity contribution in [1.82, 2.24) is 0 Å². The molecule has 0 fully saturated rings. The van der Waals surface area contributed by atoms with Gasteiger partial charge in [-0.1, -0.05) is 6.92 Å². The van der Waals surface area contributed by atoms with Crippen LogP contribution >= 0.6 is 0 Å². The zero-order valence-corrected chi connectivity index (χ0v) is 6.76. The highest BCUT2D eigenvalue weighted by molar-refractivity contribution is 5.83. The number of allylic oxidation sites excluding steroid dienone is 2. The molecule has 0 spiro atoms. The van der Waals surface area contributed by atoms with Gasteiger partial charge in [0, 0.05) is 6.42 Å². The summed E-state index contributed by atoms with van der Waals surface area (Å²) in [6.45, 7) is 6.89. The predicted octanol–water partition coefficient (Wildman–Crippen LogP) is 1.92. The molecule has 0 saturated carbocycles. The molecule has 1 N–H and O–H groups in total. The summed E-state index contributed by atoms with van der Waals surface area (Å²) in [5.41, 5.74) is 0. The minimum Gasteiger partial charge on any atom is -0.475 e. The van der Waals surface area contributed by atoms with Crippen LogP contribution < -0.4 is 0 Å². The topological polar surface area (TPSA) is 46.5 Å². The molecule has 3 heteroatoms. The Balaban J connectivity index is 4.04. The third-order valence-electron chi connectivity index (χ3n) is 1.16. The summed E-state index contributed by atoms with van der Waals surface area (Å²) < 4.78 is 4.88. The van der Waals surface area contributed by atoms with Crippen molar-refractivity contribution in [2.45, 2.75) is 20.3 Å². The van der Waals surface area contributed by atoms with E-state index in [1.54, 1.807) is 13.0 Å². The fourth-order valence-electron chi connectivity index (χ4n) is 0.537. The number of aliphatic carboxylic acids is 1. The zero-order chi connectivity index (χ0) is 8.85. The van der Waals surface area contributed by atoms with Crippen LogP contribution in [0.1, 0.15) is 20.3 Å². The maximum atomic E-state index is 10.2. The number of carboxylic acid groups (broad SMARTS) is 1. The van der Waals surface area contributed by atoms with Crippen molar-refractivity contribution in [3.05, 3.63) is 24.2 Å². The van der Waals surface area contributed by atoms with E-state index in [0.29, 0.717) is 12.2 Å². The normalized spacial score (nSPS) is 10.9. The van der Waals surface area contributed by atoms with Crippen molar-refractivity contribution < 1.29 is 14.6 Å². The van der Waals surface area contributed by atoms with Crippen LogP contribution in [0.4, 0.5) is 0 Å². The van der Waals surface area contributed by atoms with Crippen LogP contribution in [0.2, 0.25) is 0 Å². The van der Waals surface area contributed by atoms with Gasteiger partial charge in [0.2, 0.25) is 5.76 Å². The Morgan fingerprint density at radius 1 is 1.73 bits per heavy atom. The standard InChI is InChI=1S/C8H12O3/c1-4-7(5-2)11-6(3)8(9)10/h4H,3,5H2,1-2H3,(H,9,10)/b7-4-. The summed E-state index contributed by atoms with van der Waals surface area (Å²) >= 11 is 0. The van der Waals surface area contributed by atoms with E-state index >= 15 is 0 Å². The van der Waals surface area contributed by atoms with Gasteiger partial charge in [-0.25, -0.2) is 4.79 Å². The molecule has 0 amide bonds. The van der Waals surface area contributed by atoms with Gasteiger partial charge in [-0.2, -0.15) is 0 Å². The van der Waals surface area contributed by atoms with Crippen LogP contribution in [-0.4, -0.2) is 11.1 Å². The van der Waals surface area contributed by atoms with Crippen LogP contribution in [0, 0.1) is 0 Å². The first-order chi connectivity index (χ1) is 5.11. The van der Waals surface area contributed by atoms with Crippen molar-refractivity contribution in [3.8, 4) is 0 Å². The predicted molar refractivity (Wildman–Crippen MR) is 41.9 cm³/mol. The van der Waals surface area contributed by atoms with E-state index in [-0.39, 0.29) is 5.76 Å². The summed E-state index contributed by atoms with van der Waals surface area (Å²) in [7, 11) is 0. The Morgan fingerprint density at radius 2 is 2.27 bits per heavy atom. The van der Waals surface area contributed by atoms with Gasteiger partial charge in [-0.15, -0.1) is 0 Å². The molecule has 0 heterocycles. The second-order valence-corrected chi connectivity index (χ2v) is 1.94. The lowest BCUT2D eigenvalue weighted by Gasteiger charge is -2.05. The van der Waals surface area contributed by atoms with E-state index in [1.165, 1.54) is 0 Å². The van der Waals surface area contributed by atoms with E-state index < -0.39 is 5.97 Å². The Morgan fingerprint density at radius 3 is 2.55 bits per heavy atom. The third-order valence-corrected chi connectivity index (χ3v) is 1.16. The Bertz CT molecular complexity index is 192. The number of hydrogen-bond donors (Lipinski definition) is 1. The zero-order valence-electron chi connectivity index (χ0n) is 6.76. The first-order valence-electron chi connectivity index (χ1n) is 3.37. The third kappa shape index (κ3) is 3.45. The van der Waals surface area contributed by atoms with Gasteiger partial charge in [0.15, 0.2) is 0 Å². The molecule has 0 aliphatic carbocycles. The minimum atomic E-state index is -1.13. The Kier molecular flexibility index (Phi) is 4.03. The number of rotatable bonds is 4. The monoisotopic (exact) mass is 156 g/mol. The molecule has 0 bridgehead atoms. The Hall–Kier alpha value is -1.25. The lowest BCUT2D eigenvalue weighted by molar-refractivity contribution is -0.135. The molecular weight excluding hydrogens is 144 g/mol. The smallest absolute Gasteiger partial charge is 0.371 e. The van der Waals surface area contributed by atoms with Gasteiger partial charge in [-0.05, 0) is 19.6 Å². The molecule has 3 nitrogen and oxygen atoms in total. The van der Waals surface area contributed by atoms with Crippen molar-refractivity contribution in [2.24, 2.45) is 0 Å². The first-order valence-corrected chi connectivity index (χ1v) is 3.37. The van der Waals surface area contributed by atoms with Gasteiger partial charge in [-0.3, -0.25) is 0 Å². The molecule has 0 aromatic rings. The van der Waals surface area contributed by atoms with Crippen molar-refractivity contribution in [2.75, 3.05) is 0 Å². The van der Waals surface area contributed by atoms with E-state index in [0.717, 1.165) is 0 Å². The fourth-order valence-corrected chi connectivity index (χ4v) is 0.537. The quantitative estimate of drug-likeness (QED) is 0.499. The summed E-state index contributed by atoms with van der Waals surface area (Å²) in [5.74, 6) is -0.741. The number of carbonyl (C=O) groups is 1. The van der Waals surface area contributed by atoms with Gasteiger partial charge in [0.05, 0.1) is 5.76 Å². The first kappa shape index (κ1) is 9.75. The summed E-state index contributed by atoms with van der Waals surface area (Å²) in [4.78, 5) is 10.2. The van der Waals surface area contributed by atoms with Crippen molar-refractivity contribution in [3.63, 3.8) is 0 Å². The van der Waals surface area contributed by atoms with E-state index in [1.807, 2.05) is 6.92 Å². The van der Waals surface area contributed by atoms with Crippen LogP contribution in [-0.2, 0) is 9.53 Å². The number of hydrogen-bond acceptors (Lipinski definition) is 2. The second kappa shape index (κ2) is 4.55. The van der Waals surface area contributed by atoms with Crippen LogP contribution in [0.3, 0.4) is 0 Å². The van der Waals surface area contributed by atoms with Crippen LogP contribution in [0.25, 0.3) is 0 Å². The summed E-state index contributed by atoms with van der Waals surface area (Å²) in [5, 5.41) is 8.37. The maximum absolute atomic E-state index is 10.2. The molecule has 62 valence electrons. The van der Waals surface area contributed by atoms with E-state index in [9.17, 15) is 4.79 Å². The molecule has 0 unspecified atom stereocenters. The molecular formula is C8H12O3. The van der Waals surface area contributed by atoms with Crippen molar-refractivity contribution >= 4 is 5.97 Å². The van der Waals surface area contributed by atoms with Gasteiger partial charge in [0.25, 0.3) is 0 Å². The molecule has 11 heavy (non-hydrogen) atoms. The summed E-state index contributed by atoms with van der Waals surface area (Å²) in [6.07, 6.45) is 2.39.